The van der Waals surface area contributed by atoms with E-state index in [1.807, 2.05) is 6.92 Å². The van der Waals surface area contributed by atoms with Crippen molar-refractivity contribution in [3.05, 3.63) is 34.3 Å². The predicted octanol–water partition coefficient (Wildman–Crippen LogP) is 3.19. The average Bonchev–Trinajstić information content (AvgIpc) is 2.35. The van der Waals surface area contributed by atoms with E-state index in [9.17, 15) is 0 Å². The monoisotopic (exact) mass is 268 g/mol. The van der Waals surface area contributed by atoms with Crippen molar-refractivity contribution in [2.24, 2.45) is 0 Å². The Kier molecular flexibility index (Phi) is 3.86. The summed E-state index contributed by atoms with van der Waals surface area (Å²) >= 11 is 12.1. The van der Waals surface area contributed by atoms with Crippen LogP contribution in [0.5, 0.6) is 0 Å². The molecule has 2 aromatic heterocycles. The number of hydrogen-bond acceptors (Lipinski definition) is 4. The molecule has 17 heavy (non-hydrogen) atoms. The fourth-order valence-corrected chi connectivity index (χ4v) is 1.98. The first kappa shape index (κ1) is 12.2. The van der Waals surface area contributed by atoms with Crippen LogP contribution >= 0.6 is 23.2 Å². The van der Waals surface area contributed by atoms with Crippen molar-refractivity contribution in [1.29, 1.82) is 0 Å². The van der Waals surface area contributed by atoms with Crippen LogP contribution in [0.3, 0.4) is 0 Å². The zero-order valence-electron chi connectivity index (χ0n) is 9.19. The van der Waals surface area contributed by atoms with Crippen LogP contribution in [0.4, 0.5) is 0 Å². The molecule has 2 aromatic rings. The zero-order valence-corrected chi connectivity index (χ0v) is 10.7. The molecule has 0 aliphatic carbocycles. The van der Waals surface area contributed by atoms with Gasteiger partial charge in [0.05, 0.1) is 0 Å². The van der Waals surface area contributed by atoms with Crippen molar-refractivity contribution in [1.82, 2.24) is 19.9 Å². The van der Waals surface area contributed by atoms with Gasteiger partial charge in [-0.1, -0.05) is 36.5 Å². The molecule has 0 saturated heterocycles. The summed E-state index contributed by atoms with van der Waals surface area (Å²) in [7, 11) is 0. The van der Waals surface area contributed by atoms with Crippen LogP contribution < -0.4 is 0 Å². The summed E-state index contributed by atoms with van der Waals surface area (Å²) in [5.41, 5.74) is 0.774. The SMILES string of the molecule is CCCc1c(Cl)nc(-c2ncccn2)nc1Cl. The van der Waals surface area contributed by atoms with Crippen LogP contribution in [0.1, 0.15) is 18.9 Å². The lowest BCUT2D eigenvalue weighted by Gasteiger charge is -2.06. The molecule has 0 saturated carbocycles. The number of nitrogens with zero attached hydrogens (tertiary/aromatic N) is 4. The summed E-state index contributed by atoms with van der Waals surface area (Å²) in [6.45, 7) is 2.04. The molecule has 0 bridgehead atoms. The van der Waals surface area contributed by atoms with E-state index in [2.05, 4.69) is 19.9 Å². The standard InChI is InChI=1S/C11H10Cl2N4/c1-2-4-7-8(12)16-11(17-9(7)13)10-14-5-3-6-15-10/h3,5-6H,2,4H2,1H3. The van der Waals surface area contributed by atoms with E-state index in [1.165, 1.54) is 0 Å². The quantitative estimate of drug-likeness (QED) is 0.803. The van der Waals surface area contributed by atoms with Crippen LogP contribution in [0.25, 0.3) is 11.6 Å². The van der Waals surface area contributed by atoms with E-state index in [0.717, 1.165) is 18.4 Å². The largest absolute Gasteiger partial charge is 0.234 e. The van der Waals surface area contributed by atoms with Crippen molar-refractivity contribution in [3.63, 3.8) is 0 Å². The van der Waals surface area contributed by atoms with Gasteiger partial charge in [0.15, 0.2) is 5.82 Å². The van der Waals surface area contributed by atoms with Gasteiger partial charge in [0.2, 0.25) is 5.82 Å². The summed E-state index contributed by atoms with van der Waals surface area (Å²) in [6, 6.07) is 1.72. The molecule has 88 valence electrons. The van der Waals surface area contributed by atoms with Crippen LogP contribution in [0.2, 0.25) is 10.3 Å². The molecule has 0 fully saturated rings. The molecule has 0 aliphatic rings. The minimum Gasteiger partial charge on any atom is -0.234 e. The highest BCUT2D eigenvalue weighted by molar-refractivity contribution is 6.34. The molecule has 0 atom stereocenters. The Morgan fingerprint density at radius 1 is 1.00 bits per heavy atom. The molecule has 0 radical (unpaired) electrons. The third kappa shape index (κ3) is 2.70. The lowest BCUT2D eigenvalue weighted by atomic mass is 10.2. The fraction of sp³-hybridized carbons (Fsp3) is 0.273. The molecule has 4 nitrogen and oxygen atoms in total. The molecule has 0 unspecified atom stereocenters. The van der Waals surface area contributed by atoms with Gasteiger partial charge in [0.25, 0.3) is 0 Å². The molecule has 0 aromatic carbocycles. The Labute approximate surface area is 109 Å². The third-order valence-corrected chi connectivity index (χ3v) is 2.80. The van der Waals surface area contributed by atoms with E-state index >= 15 is 0 Å². The molecule has 2 heterocycles. The Morgan fingerprint density at radius 2 is 1.59 bits per heavy atom. The van der Waals surface area contributed by atoms with Crippen LogP contribution in [-0.4, -0.2) is 19.9 Å². The number of halogens is 2. The smallest absolute Gasteiger partial charge is 0.200 e. The van der Waals surface area contributed by atoms with E-state index < -0.39 is 0 Å². The molecule has 0 aliphatic heterocycles. The Balaban J connectivity index is 2.46. The zero-order chi connectivity index (χ0) is 12.3. The Bertz CT molecular complexity index is 493. The second-order valence-electron chi connectivity index (χ2n) is 3.43. The van der Waals surface area contributed by atoms with Crippen LogP contribution in [-0.2, 0) is 6.42 Å². The molecular weight excluding hydrogens is 259 g/mol. The van der Waals surface area contributed by atoms with Gasteiger partial charge < -0.3 is 0 Å². The number of rotatable bonds is 3. The van der Waals surface area contributed by atoms with E-state index in [0.29, 0.717) is 22.0 Å². The molecule has 0 N–H and O–H groups in total. The minimum absolute atomic E-state index is 0.348. The first-order valence-electron chi connectivity index (χ1n) is 5.21. The number of hydrogen-bond donors (Lipinski definition) is 0. The summed E-state index contributed by atoms with van der Waals surface area (Å²) in [5, 5.41) is 0.739. The topological polar surface area (TPSA) is 51.6 Å². The summed E-state index contributed by atoms with van der Waals surface area (Å²) in [4.78, 5) is 16.4. The maximum Gasteiger partial charge on any atom is 0.200 e. The van der Waals surface area contributed by atoms with Crippen molar-refractivity contribution < 1.29 is 0 Å². The van der Waals surface area contributed by atoms with Gasteiger partial charge in [-0.3, -0.25) is 0 Å². The highest BCUT2D eigenvalue weighted by Gasteiger charge is 2.13. The second-order valence-corrected chi connectivity index (χ2v) is 4.15. The van der Waals surface area contributed by atoms with Crippen molar-refractivity contribution in [2.45, 2.75) is 19.8 Å². The first-order chi connectivity index (χ1) is 8.22. The summed E-state index contributed by atoms with van der Waals surface area (Å²) in [6.07, 6.45) is 4.93. The van der Waals surface area contributed by atoms with Gasteiger partial charge in [-0.05, 0) is 12.5 Å². The lowest BCUT2D eigenvalue weighted by molar-refractivity contribution is 0.900. The van der Waals surface area contributed by atoms with Gasteiger partial charge in [-0.2, -0.15) is 0 Å². The molecular formula is C11H10Cl2N4. The first-order valence-corrected chi connectivity index (χ1v) is 5.97. The Hall–Kier alpha value is -1.26. The molecule has 6 heteroatoms. The second kappa shape index (κ2) is 5.38. The maximum absolute atomic E-state index is 6.07. The fourth-order valence-electron chi connectivity index (χ4n) is 1.40. The van der Waals surface area contributed by atoms with E-state index in [4.69, 9.17) is 23.2 Å². The molecule has 0 amide bonds. The normalized spacial score (nSPS) is 10.5. The van der Waals surface area contributed by atoms with Crippen LogP contribution in [0, 0.1) is 0 Å². The van der Waals surface area contributed by atoms with Gasteiger partial charge in [0, 0.05) is 18.0 Å². The van der Waals surface area contributed by atoms with Gasteiger partial charge in [-0.15, -0.1) is 0 Å². The van der Waals surface area contributed by atoms with Gasteiger partial charge in [-0.25, -0.2) is 19.9 Å². The van der Waals surface area contributed by atoms with E-state index in [1.54, 1.807) is 18.5 Å². The predicted molar refractivity (Wildman–Crippen MR) is 67.1 cm³/mol. The van der Waals surface area contributed by atoms with Crippen molar-refractivity contribution >= 4 is 23.2 Å². The van der Waals surface area contributed by atoms with Crippen molar-refractivity contribution in [2.75, 3.05) is 0 Å². The molecule has 0 spiro atoms. The summed E-state index contributed by atoms with van der Waals surface area (Å²) < 4.78 is 0. The number of aromatic nitrogens is 4. The maximum atomic E-state index is 6.07. The Morgan fingerprint density at radius 3 is 2.12 bits per heavy atom. The average molecular weight is 269 g/mol. The molecule has 2 rings (SSSR count). The lowest BCUT2D eigenvalue weighted by Crippen LogP contribution is -1.99. The summed E-state index contributed by atoms with van der Waals surface area (Å²) in [5.74, 6) is 0.764. The highest BCUT2D eigenvalue weighted by atomic mass is 35.5. The highest BCUT2D eigenvalue weighted by Crippen LogP contribution is 2.25. The van der Waals surface area contributed by atoms with E-state index in [-0.39, 0.29) is 0 Å². The van der Waals surface area contributed by atoms with Gasteiger partial charge in [0.1, 0.15) is 10.3 Å². The van der Waals surface area contributed by atoms with Crippen molar-refractivity contribution in [3.8, 4) is 11.6 Å². The minimum atomic E-state index is 0.348. The van der Waals surface area contributed by atoms with Gasteiger partial charge >= 0.3 is 0 Å². The third-order valence-electron chi connectivity index (χ3n) is 2.17. The van der Waals surface area contributed by atoms with Crippen LogP contribution in [0.15, 0.2) is 18.5 Å².